The van der Waals surface area contributed by atoms with Gasteiger partial charge in [-0.25, -0.2) is 0 Å². The maximum Gasteiger partial charge on any atom is 0.254 e. The van der Waals surface area contributed by atoms with E-state index in [4.69, 9.17) is 0 Å². The number of hydrogen-bond donors (Lipinski definition) is 0. The molecule has 1 heterocycles. The van der Waals surface area contributed by atoms with Crippen molar-refractivity contribution in [3.05, 3.63) is 53.9 Å². The second-order valence-electron chi connectivity index (χ2n) is 5.94. The van der Waals surface area contributed by atoms with Crippen LogP contribution in [0.4, 0.5) is 0 Å². The normalized spacial score (nSPS) is 14.4. The molecular weight excluding hydrogens is 262 g/mol. The van der Waals surface area contributed by atoms with E-state index in [1.807, 2.05) is 46.1 Å². The van der Waals surface area contributed by atoms with Crippen molar-refractivity contribution >= 4 is 5.91 Å². The van der Waals surface area contributed by atoms with Crippen LogP contribution in [0.2, 0.25) is 0 Å². The summed E-state index contributed by atoms with van der Waals surface area (Å²) in [6.07, 6.45) is 5.99. The summed E-state index contributed by atoms with van der Waals surface area (Å²) >= 11 is 0. The largest absolute Gasteiger partial charge is 0.333 e. The van der Waals surface area contributed by atoms with Gasteiger partial charge in [0.1, 0.15) is 0 Å². The summed E-state index contributed by atoms with van der Waals surface area (Å²) in [6, 6.07) is 10.5. The Balaban J connectivity index is 1.72. The van der Waals surface area contributed by atoms with Gasteiger partial charge in [-0.1, -0.05) is 12.1 Å². The Bertz CT molecular complexity index is 595. The van der Waals surface area contributed by atoms with Crippen molar-refractivity contribution in [2.45, 2.75) is 45.3 Å². The minimum Gasteiger partial charge on any atom is -0.333 e. The van der Waals surface area contributed by atoms with Crippen molar-refractivity contribution in [1.82, 2.24) is 14.7 Å². The molecule has 1 aliphatic carbocycles. The molecule has 1 aliphatic rings. The van der Waals surface area contributed by atoms with Gasteiger partial charge in [0.25, 0.3) is 5.91 Å². The van der Waals surface area contributed by atoms with Crippen LogP contribution < -0.4 is 0 Å². The van der Waals surface area contributed by atoms with Crippen LogP contribution in [0, 0.1) is 0 Å². The van der Waals surface area contributed by atoms with E-state index >= 15 is 0 Å². The van der Waals surface area contributed by atoms with Gasteiger partial charge in [0.05, 0.1) is 6.54 Å². The van der Waals surface area contributed by atoms with Crippen LogP contribution in [0.15, 0.2) is 42.7 Å². The lowest BCUT2D eigenvalue weighted by atomic mass is 10.1. The van der Waals surface area contributed by atoms with E-state index in [1.165, 1.54) is 0 Å². The molecule has 4 heteroatoms. The van der Waals surface area contributed by atoms with E-state index in [0.717, 1.165) is 30.5 Å². The van der Waals surface area contributed by atoms with Crippen LogP contribution in [-0.2, 0) is 6.54 Å². The third-order valence-corrected chi connectivity index (χ3v) is 3.84. The van der Waals surface area contributed by atoms with Crippen molar-refractivity contribution < 1.29 is 4.79 Å². The molecule has 0 saturated heterocycles. The van der Waals surface area contributed by atoms with Crippen molar-refractivity contribution in [1.29, 1.82) is 0 Å². The van der Waals surface area contributed by atoms with Gasteiger partial charge in [-0.15, -0.1) is 0 Å². The Morgan fingerprint density at radius 1 is 1.33 bits per heavy atom. The van der Waals surface area contributed by atoms with Gasteiger partial charge < -0.3 is 4.90 Å². The number of carbonyl (C=O) groups excluding carboxylic acids is 1. The molecule has 1 fully saturated rings. The summed E-state index contributed by atoms with van der Waals surface area (Å²) in [5.41, 5.74) is 1.93. The number of nitrogens with zero attached hydrogens (tertiary/aromatic N) is 3. The first kappa shape index (κ1) is 13.9. The fourth-order valence-corrected chi connectivity index (χ4v) is 2.66. The van der Waals surface area contributed by atoms with E-state index in [2.05, 4.69) is 18.9 Å². The van der Waals surface area contributed by atoms with Crippen LogP contribution in [0.25, 0.3) is 0 Å². The third kappa shape index (κ3) is 3.15. The number of hydrogen-bond acceptors (Lipinski definition) is 2. The molecule has 0 spiro atoms. The minimum atomic E-state index is 0.151. The molecule has 1 amide bonds. The third-order valence-electron chi connectivity index (χ3n) is 3.84. The van der Waals surface area contributed by atoms with Crippen molar-refractivity contribution in [3.8, 4) is 0 Å². The van der Waals surface area contributed by atoms with Gasteiger partial charge in [-0.2, -0.15) is 5.10 Å². The quantitative estimate of drug-likeness (QED) is 0.846. The van der Waals surface area contributed by atoms with E-state index in [0.29, 0.717) is 6.04 Å². The number of benzene rings is 1. The average Bonchev–Trinajstić information content (AvgIpc) is 3.15. The number of carbonyl (C=O) groups is 1. The first-order valence-electron chi connectivity index (χ1n) is 7.54. The molecule has 2 aromatic rings. The summed E-state index contributed by atoms with van der Waals surface area (Å²) in [5.74, 6) is 0.151. The van der Waals surface area contributed by atoms with Crippen molar-refractivity contribution in [3.63, 3.8) is 0 Å². The molecular formula is C17H21N3O. The highest BCUT2D eigenvalue weighted by Gasteiger charge is 2.34. The molecule has 3 rings (SSSR count). The van der Waals surface area contributed by atoms with E-state index in [1.54, 1.807) is 6.20 Å². The fourth-order valence-electron chi connectivity index (χ4n) is 2.66. The lowest BCUT2D eigenvalue weighted by Crippen LogP contribution is -2.38. The molecule has 4 nitrogen and oxygen atoms in total. The molecule has 1 aromatic heterocycles. The zero-order valence-corrected chi connectivity index (χ0v) is 12.6. The first-order valence-corrected chi connectivity index (χ1v) is 7.54. The zero-order valence-electron chi connectivity index (χ0n) is 12.6. The number of aromatic nitrogens is 2. The van der Waals surface area contributed by atoms with Gasteiger partial charge in [-0.05, 0) is 50.5 Å². The van der Waals surface area contributed by atoms with Gasteiger partial charge in [0.2, 0.25) is 0 Å². The second kappa shape index (κ2) is 5.72. The van der Waals surface area contributed by atoms with Crippen molar-refractivity contribution in [2.75, 3.05) is 0 Å². The molecule has 0 N–H and O–H groups in total. The predicted molar refractivity (Wildman–Crippen MR) is 82.1 cm³/mol. The molecule has 21 heavy (non-hydrogen) atoms. The Labute approximate surface area is 125 Å². The Hall–Kier alpha value is -2.10. The van der Waals surface area contributed by atoms with Gasteiger partial charge >= 0.3 is 0 Å². The van der Waals surface area contributed by atoms with Crippen LogP contribution in [0.1, 0.15) is 42.6 Å². The molecule has 0 aliphatic heterocycles. The highest BCUT2D eigenvalue weighted by Crippen LogP contribution is 2.30. The maximum atomic E-state index is 12.6. The molecule has 0 unspecified atom stereocenters. The first-order chi connectivity index (χ1) is 10.1. The highest BCUT2D eigenvalue weighted by molar-refractivity contribution is 5.94. The number of rotatable bonds is 5. The topological polar surface area (TPSA) is 38.1 Å². The molecule has 110 valence electrons. The van der Waals surface area contributed by atoms with Crippen LogP contribution in [-0.4, -0.2) is 32.7 Å². The average molecular weight is 283 g/mol. The SMILES string of the molecule is CC(C)N(C(=O)c1ccc(Cn2cccn2)cc1)C1CC1. The summed E-state index contributed by atoms with van der Waals surface area (Å²) in [6.45, 7) is 4.91. The molecule has 1 aromatic carbocycles. The van der Waals surface area contributed by atoms with Gasteiger partial charge in [0, 0.05) is 30.0 Å². The van der Waals surface area contributed by atoms with Gasteiger partial charge in [-0.3, -0.25) is 9.48 Å². The summed E-state index contributed by atoms with van der Waals surface area (Å²) in [7, 11) is 0. The Morgan fingerprint density at radius 3 is 2.57 bits per heavy atom. The standard InChI is InChI=1S/C17H21N3O/c1-13(2)20(16-8-9-16)17(21)15-6-4-14(5-7-15)12-19-11-3-10-18-19/h3-7,10-11,13,16H,8-9,12H2,1-2H3. The highest BCUT2D eigenvalue weighted by atomic mass is 16.2. The molecule has 0 bridgehead atoms. The monoisotopic (exact) mass is 283 g/mol. The Morgan fingerprint density at radius 2 is 2.05 bits per heavy atom. The molecule has 0 atom stereocenters. The van der Waals surface area contributed by atoms with Gasteiger partial charge in [0.15, 0.2) is 0 Å². The summed E-state index contributed by atoms with van der Waals surface area (Å²) in [4.78, 5) is 14.6. The second-order valence-corrected chi connectivity index (χ2v) is 5.94. The van der Waals surface area contributed by atoms with E-state index in [9.17, 15) is 4.79 Å². The van der Waals surface area contributed by atoms with Crippen LogP contribution in [0.5, 0.6) is 0 Å². The summed E-state index contributed by atoms with van der Waals surface area (Å²) in [5, 5.41) is 4.19. The fraction of sp³-hybridized carbons (Fsp3) is 0.412. The minimum absolute atomic E-state index is 0.151. The summed E-state index contributed by atoms with van der Waals surface area (Å²) < 4.78 is 1.88. The lowest BCUT2D eigenvalue weighted by molar-refractivity contribution is 0.0690. The number of amides is 1. The van der Waals surface area contributed by atoms with Crippen molar-refractivity contribution in [2.24, 2.45) is 0 Å². The van der Waals surface area contributed by atoms with E-state index < -0.39 is 0 Å². The van der Waals surface area contributed by atoms with Crippen LogP contribution >= 0.6 is 0 Å². The molecule has 0 radical (unpaired) electrons. The van der Waals surface area contributed by atoms with E-state index in [-0.39, 0.29) is 11.9 Å². The molecule has 1 saturated carbocycles. The predicted octanol–water partition coefficient (Wildman–Crippen LogP) is 2.94. The zero-order chi connectivity index (χ0) is 14.8. The maximum absolute atomic E-state index is 12.6. The smallest absolute Gasteiger partial charge is 0.254 e. The Kier molecular flexibility index (Phi) is 3.78. The lowest BCUT2D eigenvalue weighted by Gasteiger charge is -2.26. The van der Waals surface area contributed by atoms with Crippen LogP contribution in [0.3, 0.4) is 0 Å².